The van der Waals surface area contributed by atoms with E-state index in [0.717, 1.165) is 18.7 Å². The van der Waals surface area contributed by atoms with E-state index in [0.29, 0.717) is 16.1 Å². The Kier molecular flexibility index (Phi) is 7.77. The Morgan fingerprint density at radius 2 is 1.83 bits per heavy atom. The van der Waals surface area contributed by atoms with Crippen LogP contribution in [-0.2, 0) is 22.7 Å². The number of halogens is 4. The second-order valence-corrected chi connectivity index (χ2v) is 9.19. The van der Waals surface area contributed by atoms with Crippen LogP contribution in [0.3, 0.4) is 0 Å². The van der Waals surface area contributed by atoms with Crippen molar-refractivity contribution in [2.75, 3.05) is 5.32 Å². The standard InChI is InChI=1S/C26H26ClF3N2O3/c1-15-11-21(27)20(14-31-15)25(3,4)35-23-10-9-19(13-22(23)28)32-24(34)12-17-5-7-18(8-6-17)26(29,30)16(2)33/h5-11,13-14,16,33H,12H2,1-4H3,(H,32,34). The van der Waals surface area contributed by atoms with E-state index >= 15 is 0 Å². The minimum atomic E-state index is -3.39. The number of aliphatic hydroxyl groups excluding tert-OH is 1. The smallest absolute Gasteiger partial charge is 0.298 e. The number of alkyl halides is 2. The lowest BCUT2D eigenvalue weighted by Gasteiger charge is -2.28. The van der Waals surface area contributed by atoms with E-state index in [-0.39, 0.29) is 23.4 Å². The number of aliphatic hydroxyl groups is 1. The molecule has 0 saturated carbocycles. The van der Waals surface area contributed by atoms with Gasteiger partial charge in [0.05, 0.1) is 11.4 Å². The van der Waals surface area contributed by atoms with E-state index in [1.807, 2.05) is 0 Å². The highest BCUT2D eigenvalue weighted by Crippen LogP contribution is 2.34. The summed E-state index contributed by atoms with van der Waals surface area (Å²) < 4.78 is 48.4. The van der Waals surface area contributed by atoms with E-state index in [4.69, 9.17) is 16.3 Å². The molecule has 0 aliphatic heterocycles. The fraction of sp³-hybridized carbons (Fsp3) is 0.308. The molecule has 3 rings (SSSR count). The van der Waals surface area contributed by atoms with Crippen LogP contribution in [0, 0.1) is 12.7 Å². The zero-order valence-corrected chi connectivity index (χ0v) is 20.5. The van der Waals surface area contributed by atoms with E-state index < -0.39 is 29.4 Å². The van der Waals surface area contributed by atoms with Crippen molar-refractivity contribution in [3.63, 3.8) is 0 Å². The fourth-order valence-corrected chi connectivity index (χ4v) is 3.87. The van der Waals surface area contributed by atoms with Crippen molar-refractivity contribution in [3.05, 3.63) is 88.0 Å². The molecule has 186 valence electrons. The molecule has 1 heterocycles. The van der Waals surface area contributed by atoms with Crippen LogP contribution in [0.2, 0.25) is 5.02 Å². The number of hydrogen-bond acceptors (Lipinski definition) is 4. The molecule has 0 fully saturated rings. The van der Waals surface area contributed by atoms with Gasteiger partial charge in [-0.25, -0.2) is 4.39 Å². The largest absolute Gasteiger partial charge is 0.480 e. The van der Waals surface area contributed by atoms with Crippen molar-refractivity contribution in [1.82, 2.24) is 4.98 Å². The molecule has 0 spiro atoms. The first kappa shape index (κ1) is 26.5. The molecule has 1 aromatic heterocycles. The Morgan fingerprint density at radius 1 is 1.17 bits per heavy atom. The highest BCUT2D eigenvalue weighted by molar-refractivity contribution is 6.31. The van der Waals surface area contributed by atoms with Crippen LogP contribution < -0.4 is 10.1 Å². The third kappa shape index (κ3) is 6.32. The van der Waals surface area contributed by atoms with E-state index in [2.05, 4.69) is 10.3 Å². The van der Waals surface area contributed by atoms with Gasteiger partial charge in [0.25, 0.3) is 5.92 Å². The van der Waals surface area contributed by atoms with Gasteiger partial charge in [0, 0.05) is 34.8 Å². The first-order chi connectivity index (χ1) is 16.3. The summed E-state index contributed by atoms with van der Waals surface area (Å²) in [6, 6.07) is 10.8. The SMILES string of the molecule is Cc1cc(Cl)c(C(C)(C)Oc2ccc(NC(=O)Cc3ccc(C(F)(F)C(C)O)cc3)cc2F)cn1. The highest BCUT2D eigenvalue weighted by atomic mass is 35.5. The zero-order valence-electron chi connectivity index (χ0n) is 19.7. The van der Waals surface area contributed by atoms with Gasteiger partial charge in [-0.05, 0) is 51.5 Å². The summed E-state index contributed by atoms with van der Waals surface area (Å²) in [5.41, 5.74) is 0.719. The Labute approximate surface area is 206 Å². The number of nitrogens with zero attached hydrogens (tertiary/aromatic N) is 1. The van der Waals surface area contributed by atoms with E-state index in [1.165, 1.54) is 36.4 Å². The number of amides is 1. The quantitative estimate of drug-likeness (QED) is 0.384. The molecule has 2 N–H and O–H groups in total. The lowest BCUT2D eigenvalue weighted by Crippen LogP contribution is -2.27. The molecule has 3 aromatic rings. The predicted molar refractivity (Wildman–Crippen MR) is 128 cm³/mol. The summed E-state index contributed by atoms with van der Waals surface area (Å²) in [6.45, 7) is 6.29. The van der Waals surface area contributed by atoms with Gasteiger partial charge >= 0.3 is 0 Å². The summed E-state index contributed by atoms with van der Waals surface area (Å²) in [5, 5.41) is 12.3. The number of hydrogen-bond donors (Lipinski definition) is 2. The van der Waals surface area contributed by atoms with Crippen molar-refractivity contribution >= 4 is 23.2 Å². The molecular formula is C26H26ClF3N2O3. The lowest BCUT2D eigenvalue weighted by atomic mass is 9.99. The first-order valence-electron chi connectivity index (χ1n) is 10.9. The minimum Gasteiger partial charge on any atom is -0.480 e. The van der Waals surface area contributed by atoms with Crippen LogP contribution in [0.15, 0.2) is 54.7 Å². The van der Waals surface area contributed by atoms with Crippen LogP contribution in [0.5, 0.6) is 5.75 Å². The average molecular weight is 507 g/mol. The summed E-state index contributed by atoms with van der Waals surface area (Å²) in [5.74, 6) is -4.56. The second kappa shape index (κ2) is 10.3. The molecule has 0 radical (unpaired) electrons. The van der Waals surface area contributed by atoms with Crippen LogP contribution in [0.1, 0.15) is 43.2 Å². The van der Waals surface area contributed by atoms with Crippen molar-refractivity contribution < 1.29 is 27.8 Å². The number of nitrogens with one attached hydrogen (secondary N) is 1. The maximum atomic E-state index is 14.7. The van der Waals surface area contributed by atoms with Crippen molar-refractivity contribution in [3.8, 4) is 5.75 Å². The van der Waals surface area contributed by atoms with Gasteiger partial charge in [0.2, 0.25) is 5.91 Å². The molecule has 5 nitrogen and oxygen atoms in total. The number of anilines is 1. The predicted octanol–water partition coefficient (Wildman–Crippen LogP) is 6.15. The van der Waals surface area contributed by atoms with Crippen molar-refractivity contribution in [2.24, 2.45) is 0 Å². The van der Waals surface area contributed by atoms with Crippen LogP contribution in [0.25, 0.3) is 0 Å². The van der Waals surface area contributed by atoms with E-state index in [1.54, 1.807) is 33.0 Å². The first-order valence-corrected chi connectivity index (χ1v) is 11.2. The number of aryl methyl sites for hydroxylation is 1. The molecule has 0 saturated heterocycles. The molecule has 0 aliphatic rings. The van der Waals surface area contributed by atoms with Gasteiger partial charge in [-0.15, -0.1) is 0 Å². The number of benzene rings is 2. The summed E-state index contributed by atoms with van der Waals surface area (Å²) in [4.78, 5) is 16.6. The van der Waals surface area contributed by atoms with Crippen molar-refractivity contribution in [2.45, 2.75) is 51.7 Å². The Bertz CT molecular complexity index is 1210. The number of ether oxygens (including phenoxy) is 1. The molecule has 1 atom stereocenters. The molecule has 35 heavy (non-hydrogen) atoms. The van der Waals surface area contributed by atoms with Gasteiger partial charge in [0.15, 0.2) is 11.6 Å². The monoisotopic (exact) mass is 506 g/mol. The minimum absolute atomic E-state index is 0.0285. The Morgan fingerprint density at radius 3 is 2.40 bits per heavy atom. The topological polar surface area (TPSA) is 71.5 Å². The second-order valence-electron chi connectivity index (χ2n) is 8.78. The van der Waals surface area contributed by atoms with Gasteiger partial charge in [0.1, 0.15) is 11.7 Å². The molecule has 0 bridgehead atoms. The normalized spacial score (nSPS) is 12.8. The number of carbonyl (C=O) groups is 1. The lowest BCUT2D eigenvalue weighted by molar-refractivity contribution is -0.115. The molecule has 1 amide bonds. The van der Waals surface area contributed by atoms with Gasteiger partial charge in [-0.3, -0.25) is 9.78 Å². The van der Waals surface area contributed by atoms with Crippen LogP contribution in [0.4, 0.5) is 18.9 Å². The third-order valence-corrected chi connectivity index (χ3v) is 5.76. The zero-order chi connectivity index (χ0) is 26.0. The Balaban J connectivity index is 1.66. The van der Waals surface area contributed by atoms with E-state index in [9.17, 15) is 23.1 Å². The molecule has 2 aromatic carbocycles. The summed E-state index contributed by atoms with van der Waals surface area (Å²) in [6.07, 6.45) is -0.358. The highest BCUT2D eigenvalue weighted by Gasteiger charge is 2.37. The van der Waals surface area contributed by atoms with Gasteiger partial charge < -0.3 is 15.2 Å². The number of rotatable bonds is 8. The molecule has 9 heteroatoms. The molecular weight excluding hydrogens is 481 g/mol. The fourth-order valence-electron chi connectivity index (χ4n) is 3.44. The summed E-state index contributed by atoms with van der Waals surface area (Å²) >= 11 is 6.30. The maximum Gasteiger partial charge on any atom is 0.298 e. The number of pyridine rings is 1. The molecule has 0 aliphatic carbocycles. The van der Waals surface area contributed by atoms with Gasteiger partial charge in [-0.2, -0.15) is 8.78 Å². The van der Waals surface area contributed by atoms with Crippen LogP contribution in [-0.4, -0.2) is 22.1 Å². The van der Waals surface area contributed by atoms with Gasteiger partial charge in [-0.1, -0.05) is 35.9 Å². The maximum absolute atomic E-state index is 14.7. The average Bonchev–Trinajstić information content (AvgIpc) is 2.75. The summed E-state index contributed by atoms with van der Waals surface area (Å²) in [7, 11) is 0. The van der Waals surface area contributed by atoms with Crippen LogP contribution >= 0.6 is 11.6 Å². The third-order valence-electron chi connectivity index (χ3n) is 5.45. The number of carbonyl (C=O) groups excluding carboxylic acids is 1. The Hall–Kier alpha value is -3.10. The molecule has 1 unspecified atom stereocenters. The van der Waals surface area contributed by atoms with Crippen molar-refractivity contribution in [1.29, 1.82) is 0 Å². The number of aromatic nitrogens is 1.